The monoisotopic (exact) mass is 252 g/mol. The molecule has 18 heavy (non-hydrogen) atoms. The van der Waals surface area contributed by atoms with Gasteiger partial charge in [-0.05, 0) is 25.0 Å². The lowest BCUT2D eigenvalue weighted by Gasteiger charge is -2.11. The molecule has 1 aromatic rings. The summed E-state index contributed by atoms with van der Waals surface area (Å²) in [5, 5.41) is 5.45. The molecule has 2 amide bonds. The molecule has 0 aliphatic carbocycles. The summed E-state index contributed by atoms with van der Waals surface area (Å²) >= 11 is 0. The van der Waals surface area contributed by atoms with Gasteiger partial charge >= 0.3 is 6.03 Å². The average Bonchev–Trinajstić information content (AvgIpc) is 2.39. The van der Waals surface area contributed by atoms with E-state index in [-0.39, 0.29) is 6.03 Å². The molecule has 1 rings (SSSR count). The Kier molecular flexibility index (Phi) is 5.84. The Morgan fingerprint density at radius 1 is 1.22 bits per heavy atom. The van der Waals surface area contributed by atoms with Gasteiger partial charge in [-0.25, -0.2) is 4.79 Å². The third-order valence-corrected chi connectivity index (χ3v) is 2.51. The van der Waals surface area contributed by atoms with E-state index in [1.165, 1.54) is 0 Å². The van der Waals surface area contributed by atoms with Gasteiger partial charge in [0.05, 0.1) is 14.2 Å². The van der Waals surface area contributed by atoms with Gasteiger partial charge in [-0.2, -0.15) is 0 Å². The van der Waals surface area contributed by atoms with Gasteiger partial charge in [-0.1, -0.05) is 6.07 Å². The topological polar surface area (TPSA) is 59.6 Å². The van der Waals surface area contributed by atoms with E-state index in [1.807, 2.05) is 25.1 Å². The first-order valence-electron chi connectivity index (χ1n) is 5.93. The molecule has 2 N–H and O–H groups in total. The molecule has 0 spiro atoms. The molecule has 0 aliphatic rings. The number of hydrogen-bond donors (Lipinski definition) is 2. The number of ether oxygens (including phenoxy) is 2. The Morgan fingerprint density at radius 3 is 2.61 bits per heavy atom. The lowest BCUT2D eigenvalue weighted by atomic mass is 10.1. The number of nitrogens with one attached hydrogen (secondary N) is 2. The Labute approximate surface area is 107 Å². The summed E-state index contributed by atoms with van der Waals surface area (Å²) < 4.78 is 10.4. The van der Waals surface area contributed by atoms with Crippen LogP contribution in [0.4, 0.5) is 4.79 Å². The van der Waals surface area contributed by atoms with Gasteiger partial charge < -0.3 is 20.1 Å². The number of rotatable bonds is 6. The Balaban J connectivity index is 2.53. The maximum atomic E-state index is 11.2. The molecule has 5 nitrogen and oxygen atoms in total. The molecule has 0 heterocycles. The fourth-order valence-corrected chi connectivity index (χ4v) is 1.59. The van der Waals surface area contributed by atoms with Crippen LogP contribution in [0.25, 0.3) is 0 Å². The molecule has 0 saturated carbocycles. The van der Waals surface area contributed by atoms with Gasteiger partial charge in [0.15, 0.2) is 0 Å². The summed E-state index contributed by atoms with van der Waals surface area (Å²) in [4.78, 5) is 11.2. The SMILES string of the molecule is CCNC(=O)NCCc1ccc(OC)cc1OC. The van der Waals surface area contributed by atoms with E-state index in [0.717, 1.165) is 17.1 Å². The normalized spacial score (nSPS) is 9.72. The van der Waals surface area contributed by atoms with Crippen molar-refractivity contribution in [3.63, 3.8) is 0 Å². The number of methoxy groups -OCH3 is 2. The average molecular weight is 252 g/mol. The van der Waals surface area contributed by atoms with Gasteiger partial charge in [0.2, 0.25) is 0 Å². The lowest BCUT2D eigenvalue weighted by Crippen LogP contribution is -2.36. The molecular formula is C13H20N2O3. The van der Waals surface area contributed by atoms with E-state index in [1.54, 1.807) is 14.2 Å². The fraction of sp³-hybridized carbons (Fsp3) is 0.462. The number of benzene rings is 1. The maximum Gasteiger partial charge on any atom is 0.314 e. The first-order chi connectivity index (χ1) is 8.71. The number of carbonyl (C=O) groups excluding carboxylic acids is 1. The van der Waals surface area contributed by atoms with Crippen molar-refractivity contribution in [3.8, 4) is 11.5 Å². The Morgan fingerprint density at radius 2 is 2.00 bits per heavy atom. The molecular weight excluding hydrogens is 232 g/mol. The van der Waals surface area contributed by atoms with E-state index in [0.29, 0.717) is 19.5 Å². The predicted molar refractivity (Wildman–Crippen MR) is 70.3 cm³/mol. The van der Waals surface area contributed by atoms with E-state index in [9.17, 15) is 4.79 Å². The highest BCUT2D eigenvalue weighted by atomic mass is 16.5. The van der Waals surface area contributed by atoms with E-state index in [2.05, 4.69) is 10.6 Å². The quantitative estimate of drug-likeness (QED) is 0.808. The number of carbonyl (C=O) groups is 1. The molecule has 5 heteroatoms. The summed E-state index contributed by atoms with van der Waals surface area (Å²) in [6.07, 6.45) is 0.713. The highest BCUT2D eigenvalue weighted by Crippen LogP contribution is 2.24. The van der Waals surface area contributed by atoms with Gasteiger partial charge in [0, 0.05) is 19.2 Å². The number of amides is 2. The van der Waals surface area contributed by atoms with Crippen LogP contribution in [0.2, 0.25) is 0 Å². The van der Waals surface area contributed by atoms with Crippen molar-refractivity contribution in [3.05, 3.63) is 23.8 Å². The first kappa shape index (κ1) is 14.2. The van der Waals surface area contributed by atoms with Gasteiger partial charge in [-0.15, -0.1) is 0 Å². The van der Waals surface area contributed by atoms with Crippen molar-refractivity contribution < 1.29 is 14.3 Å². The van der Waals surface area contributed by atoms with E-state index in [4.69, 9.17) is 9.47 Å². The van der Waals surface area contributed by atoms with Crippen LogP contribution >= 0.6 is 0 Å². The molecule has 0 fully saturated rings. The third-order valence-electron chi connectivity index (χ3n) is 2.51. The summed E-state index contributed by atoms with van der Waals surface area (Å²) in [5.74, 6) is 1.53. The van der Waals surface area contributed by atoms with Gasteiger partial charge in [-0.3, -0.25) is 0 Å². The summed E-state index contributed by atoms with van der Waals surface area (Å²) in [7, 11) is 3.24. The van der Waals surface area contributed by atoms with Crippen molar-refractivity contribution in [1.82, 2.24) is 10.6 Å². The molecule has 0 aliphatic heterocycles. The molecule has 0 bridgehead atoms. The van der Waals surface area contributed by atoms with Gasteiger partial charge in [0.1, 0.15) is 11.5 Å². The molecule has 1 aromatic carbocycles. The van der Waals surface area contributed by atoms with Crippen LogP contribution in [0.5, 0.6) is 11.5 Å². The third kappa shape index (κ3) is 4.16. The minimum absolute atomic E-state index is 0.148. The summed E-state index contributed by atoms with van der Waals surface area (Å²) in [5.41, 5.74) is 1.04. The van der Waals surface area contributed by atoms with Crippen LogP contribution < -0.4 is 20.1 Å². The largest absolute Gasteiger partial charge is 0.497 e. The van der Waals surface area contributed by atoms with Crippen LogP contribution in [-0.4, -0.2) is 33.3 Å². The lowest BCUT2D eigenvalue weighted by molar-refractivity contribution is 0.241. The zero-order chi connectivity index (χ0) is 13.4. The van der Waals surface area contributed by atoms with Crippen molar-refractivity contribution in [2.75, 3.05) is 27.3 Å². The smallest absolute Gasteiger partial charge is 0.314 e. The minimum Gasteiger partial charge on any atom is -0.497 e. The summed E-state index contributed by atoms with van der Waals surface area (Å²) in [6.45, 7) is 3.07. The predicted octanol–water partition coefficient (Wildman–Crippen LogP) is 1.57. The molecule has 0 unspecified atom stereocenters. The van der Waals surface area contributed by atoms with E-state index >= 15 is 0 Å². The molecule has 0 atom stereocenters. The molecule has 0 saturated heterocycles. The highest BCUT2D eigenvalue weighted by Gasteiger charge is 2.05. The second-order valence-electron chi connectivity index (χ2n) is 3.71. The zero-order valence-corrected chi connectivity index (χ0v) is 11.1. The van der Waals surface area contributed by atoms with Crippen molar-refractivity contribution in [2.45, 2.75) is 13.3 Å². The standard InChI is InChI=1S/C13H20N2O3/c1-4-14-13(16)15-8-7-10-5-6-11(17-2)9-12(10)18-3/h5-6,9H,4,7-8H2,1-3H3,(H2,14,15,16). The molecule has 0 radical (unpaired) electrons. The van der Waals surface area contributed by atoms with Crippen LogP contribution in [0.1, 0.15) is 12.5 Å². The second kappa shape index (κ2) is 7.42. The molecule has 100 valence electrons. The number of hydrogen-bond acceptors (Lipinski definition) is 3. The first-order valence-corrected chi connectivity index (χ1v) is 5.93. The van der Waals surface area contributed by atoms with Crippen molar-refractivity contribution >= 4 is 6.03 Å². The van der Waals surface area contributed by atoms with Crippen molar-refractivity contribution in [1.29, 1.82) is 0 Å². The Hall–Kier alpha value is -1.91. The molecule has 0 aromatic heterocycles. The summed E-state index contributed by atoms with van der Waals surface area (Å²) in [6, 6.07) is 5.51. The second-order valence-corrected chi connectivity index (χ2v) is 3.71. The van der Waals surface area contributed by atoms with Crippen LogP contribution in [-0.2, 0) is 6.42 Å². The zero-order valence-electron chi connectivity index (χ0n) is 11.1. The Bertz CT molecular complexity index is 394. The van der Waals surface area contributed by atoms with Crippen molar-refractivity contribution in [2.24, 2.45) is 0 Å². The van der Waals surface area contributed by atoms with Gasteiger partial charge in [0.25, 0.3) is 0 Å². The number of urea groups is 1. The van der Waals surface area contributed by atoms with Crippen LogP contribution in [0, 0.1) is 0 Å². The minimum atomic E-state index is -0.148. The van der Waals surface area contributed by atoms with Crippen LogP contribution in [0.15, 0.2) is 18.2 Å². The fourth-order valence-electron chi connectivity index (χ4n) is 1.59. The van der Waals surface area contributed by atoms with Crippen LogP contribution in [0.3, 0.4) is 0 Å². The van der Waals surface area contributed by atoms with E-state index < -0.39 is 0 Å². The maximum absolute atomic E-state index is 11.2. The highest BCUT2D eigenvalue weighted by molar-refractivity contribution is 5.73.